The van der Waals surface area contributed by atoms with Crippen LogP contribution >= 0.6 is 0 Å². The van der Waals surface area contributed by atoms with Gasteiger partial charge >= 0.3 is 0 Å². The Labute approximate surface area is 179 Å². The minimum Gasteiger partial charge on any atom is -0.341 e. The number of anilines is 1. The van der Waals surface area contributed by atoms with Gasteiger partial charge in [0.25, 0.3) is 0 Å². The number of benzene rings is 1. The summed E-state index contributed by atoms with van der Waals surface area (Å²) in [7, 11) is 0. The maximum absolute atomic E-state index is 13.5. The predicted octanol–water partition coefficient (Wildman–Crippen LogP) is 3.13. The van der Waals surface area contributed by atoms with Crippen molar-refractivity contribution in [3.05, 3.63) is 29.8 Å². The van der Waals surface area contributed by atoms with Gasteiger partial charge in [0, 0.05) is 37.8 Å². The number of likely N-dealkylation sites (tertiary alicyclic amines) is 2. The first kappa shape index (κ1) is 20.9. The van der Waals surface area contributed by atoms with E-state index in [0.717, 1.165) is 69.3 Å². The maximum Gasteiger partial charge on any atom is 0.242 e. The van der Waals surface area contributed by atoms with Crippen LogP contribution in [-0.2, 0) is 14.4 Å². The third kappa shape index (κ3) is 4.52. The predicted molar refractivity (Wildman–Crippen MR) is 116 cm³/mol. The molecule has 3 aliphatic rings. The molecule has 1 atom stereocenters. The Kier molecular flexibility index (Phi) is 6.40. The molecule has 6 nitrogen and oxygen atoms in total. The molecule has 2 aliphatic heterocycles. The van der Waals surface area contributed by atoms with Gasteiger partial charge in [-0.2, -0.15) is 0 Å². The van der Waals surface area contributed by atoms with E-state index in [2.05, 4.69) is 0 Å². The van der Waals surface area contributed by atoms with Crippen LogP contribution in [0.15, 0.2) is 24.3 Å². The van der Waals surface area contributed by atoms with Gasteiger partial charge in [0.05, 0.1) is 5.92 Å². The summed E-state index contributed by atoms with van der Waals surface area (Å²) in [6, 6.07) is 8.03. The van der Waals surface area contributed by atoms with Crippen LogP contribution in [0, 0.1) is 12.8 Å². The molecular weight excluding hydrogens is 378 g/mol. The second-order valence-electron chi connectivity index (χ2n) is 9.09. The van der Waals surface area contributed by atoms with Gasteiger partial charge in [0.1, 0.15) is 6.54 Å². The number of hydrogen-bond donors (Lipinski definition) is 0. The third-order valence-electron chi connectivity index (χ3n) is 6.89. The average Bonchev–Trinajstić information content (AvgIpc) is 3.42. The summed E-state index contributed by atoms with van der Waals surface area (Å²) >= 11 is 0. The molecule has 0 N–H and O–H groups in total. The molecular formula is C24H33N3O3. The highest BCUT2D eigenvalue weighted by Crippen LogP contribution is 2.31. The van der Waals surface area contributed by atoms with E-state index in [1.807, 2.05) is 41.0 Å². The van der Waals surface area contributed by atoms with Crippen molar-refractivity contribution in [1.29, 1.82) is 0 Å². The van der Waals surface area contributed by atoms with E-state index in [9.17, 15) is 14.4 Å². The second kappa shape index (κ2) is 9.19. The fourth-order valence-corrected chi connectivity index (χ4v) is 5.09. The highest BCUT2D eigenvalue weighted by molar-refractivity contribution is 6.02. The van der Waals surface area contributed by atoms with Crippen molar-refractivity contribution >= 4 is 23.4 Å². The Hall–Kier alpha value is -2.37. The maximum atomic E-state index is 13.5. The number of rotatable bonds is 5. The van der Waals surface area contributed by atoms with Crippen LogP contribution in [0.4, 0.5) is 5.69 Å². The Morgan fingerprint density at radius 1 is 1.00 bits per heavy atom. The summed E-state index contributed by atoms with van der Waals surface area (Å²) in [5.41, 5.74) is 1.85. The van der Waals surface area contributed by atoms with Crippen molar-refractivity contribution in [2.24, 2.45) is 5.92 Å². The van der Waals surface area contributed by atoms with Crippen LogP contribution in [0.25, 0.3) is 0 Å². The van der Waals surface area contributed by atoms with Gasteiger partial charge in [0.2, 0.25) is 17.7 Å². The summed E-state index contributed by atoms with van der Waals surface area (Å²) < 4.78 is 0. The summed E-state index contributed by atoms with van der Waals surface area (Å²) in [4.78, 5) is 44.5. The second-order valence-corrected chi connectivity index (χ2v) is 9.09. The van der Waals surface area contributed by atoms with E-state index in [-0.39, 0.29) is 42.6 Å². The van der Waals surface area contributed by atoms with Crippen molar-refractivity contribution in [2.45, 2.75) is 64.3 Å². The zero-order valence-electron chi connectivity index (χ0n) is 18.0. The molecule has 0 aromatic heterocycles. The Balaban J connectivity index is 1.51. The molecule has 1 saturated carbocycles. The molecule has 2 saturated heterocycles. The number of carbonyl (C=O) groups is 3. The van der Waals surface area contributed by atoms with Gasteiger partial charge in [-0.05, 0) is 51.2 Å². The molecule has 2 heterocycles. The Morgan fingerprint density at radius 3 is 2.33 bits per heavy atom. The normalized spacial score (nSPS) is 22.6. The number of carbonyl (C=O) groups excluding carboxylic acids is 3. The van der Waals surface area contributed by atoms with E-state index in [1.54, 1.807) is 4.90 Å². The Bertz CT molecular complexity index is 779. The highest BCUT2D eigenvalue weighted by Gasteiger charge is 2.41. The molecule has 30 heavy (non-hydrogen) atoms. The molecule has 3 amide bonds. The van der Waals surface area contributed by atoms with Crippen LogP contribution in [0.5, 0.6) is 0 Å². The van der Waals surface area contributed by atoms with Crippen LogP contribution in [-0.4, -0.2) is 59.7 Å². The van der Waals surface area contributed by atoms with E-state index in [1.165, 1.54) is 0 Å². The van der Waals surface area contributed by atoms with Gasteiger partial charge in [-0.15, -0.1) is 0 Å². The molecule has 0 bridgehead atoms. The number of piperidine rings is 1. The van der Waals surface area contributed by atoms with Crippen LogP contribution in [0.2, 0.25) is 0 Å². The molecule has 6 heteroatoms. The monoisotopic (exact) mass is 411 g/mol. The van der Waals surface area contributed by atoms with Gasteiger partial charge in [-0.25, -0.2) is 0 Å². The van der Waals surface area contributed by atoms with Gasteiger partial charge in [-0.1, -0.05) is 30.5 Å². The summed E-state index contributed by atoms with van der Waals surface area (Å²) in [6.07, 6.45) is 7.87. The standard InChI is InChI=1S/C24H33N3O3/c1-18-9-11-21(12-10-18)27(17-23(29)25-13-5-2-6-14-25)24(30)19-15-22(28)26(16-19)20-7-3-4-8-20/h9-12,19-20H,2-8,13-17H2,1H3. The van der Waals surface area contributed by atoms with Gasteiger partial charge in [-0.3, -0.25) is 14.4 Å². The fraction of sp³-hybridized carbons (Fsp3) is 0.625. The van der Waals surface area contributed by atoms with Crippen molar-refractivity contribution < 1.29 is 14.4 Å². The van der Waals surface area contributed by atoms with Crippen molar-refractivity contribution in [3.8, 4) is 0 Å². The lowest BCUT2D eigenvalue weighted by molar-refractivity contribution is -0.132. The third-order valence-corrected chi connectivity index (χ3v) is 6.89. The molecule has 0 radical (unpaired) electrons. The van der Waals surface area contributed by atoms with Crippen LogP contribution in [0.1, 0.15) is 56.9 Å². The minimum atomic E-state index is -0.367. The first-order valence-electron chi connectivity index (χ1n) is 11.5. The largest absolute Gasteiger partial charge is 0.341 e. The smallest absolute Gasteiger partial charge is 0.242 e. The zero-order valence-corrected chi connectivity index (χ0v) is 18.0. The minimum absolute atomic E-state index is 0.000553. The molecule has 1 aromatic rings. The first-order chi connectivity index (χ1) is 14.5. The van der Waals surface area contributed by atoms with E-state index < -0.39 is 0 Å². The topological polar surface area (TPSA) is 60.9 Å². The molecule has 162 valence electrons. The highest BCUT2D eigenvalue weighted by atomic mass is 16.2. The van der Waals surface area contributed by atoms with E-state index in [4.69, 9.17) is 0 Å². The number of nitrogens with zero attached hydrogens (tertiary/aromatic N) is 3. The lowest BCUT2D eigenvalue weighted by atomic mass is 10.1. The molecule has 1 unspecified atom stereocenters. The van der Waals surface area contributed by atoms with Crippen molar-refractivity contribution in [2.75, 3.05) is 31.1 Å². The van der Waals surface area contributed by atoms with Gasteiger partial charge in [0.15, 0.2) is 0 Å². The lowest BCUT2D eigenvalue weighted by Gasteiger charge is -2.31. The number of amides is 3. The Morgan fingerprint density at radius 2 is 1.67 bits per heavy atom. The summed E-state index contributed by atoms with van der Waals surface area (Å²) in [6.45, 7) is 4.08. The summed E-state index contributed by atoms with van der Waals surface area (Å²) in [5, 5.41) is 0. The molecule has 1 aromatic carbocycles. The van der Waals surface area contributed by atoms with E-state index in [0.29, 0.717) is 6.54 Å². The fourth-order valence-electron chi connectivity index (χ4n) is 5.09. The molecule has 4 rings (SSSR count). The lowest BCUT2D eigenvalue weighted by Crippen LogP contribution is -2.47. The first-order valence-corrected chi connectivity index (χ1v) is 11.5. The SMILES string of the molecule is Cc1ccc(N(CC(=O)N2CCCCC2)C(=O)C2CC(=O)N(C3CCCC3)C2)cc1. The van der Waals surface area contributed by atoms with Gasteiger partial charge < -0.3 is 14.7 Å². The molecule has 3 fully saturated rings. The zero-order chi connectivity index (χ0) is 21.1. The quantitative estimate of drug-likeness (QED) is 0.748. The van der Waals surface area contributed by atoms with E-state index >= 15 is 0 Å². The number of hydrogen-bond acceptors (Lipinski definition) is 3. The van der Waals surface area contributed by atoms with Crippen LogP contribution in [0.3, 0.4) is 0 Å². The summed E-state index contributed by atoms with van der Waals surface area (Å²) in [5.74, 6) is -0.376. The van der Waals surface area contributed by atoms with Crippen LogP contribution < -0.4 is 4.90 Å². The number of aryl methyl sites for hydroxylation is 1. The van der Waals surface area contributed by atoms with Crippen molar-refractivity contribution in [1.82, 2.24) is 9.80 Å². The van der Waals surface area contributed by atoms with Crippen molar-refractivity contribution in [3.63, 3.8) is 0 Å². The molecule has 0 spiro atoms. The average molecular weight is 412 g/mol. The molecule has 1 aliphatic carbocycles.